The average Bonchev–Trinajstić information content (AvgIpc) is 2.18. The van der Waals surface area contributed by atoms with E-state index >= 15 is 0 Å². The zero-order valence-electron chi connectivity index (χ0n) is 10.5. The SMILES string of the molecule is CC(C)(Nc1cccc(S(C)(=O)=O)c1N)C(N)=O. The summed E-state index contributed by atoms with van der Waals surface area (Å²) in [6, 6.07) is 4.55. The van der Waals surface area contributed by atoms with Gasteiger partial charge in [-0.3, -0.25) is 4.79 Å². The minimum absolute atomic E-state index is 0.0211. The summed E-state index contributed by atoms with van der Waals surface area (Å²) in [5.41, 5.74) is 10.4. The fraction of sp³-hybridized carbons (Fsp3) is 0.364. The lowest BCUT2D eigenvalue weighted by Gasteiger charge is -2.25. The molecule has 0 heterocycles. The summed E-state index contributed by atoms with van der Waals surface area (Å²) >= 11 is 0. The normalized spacial score (nSPS) is 12.2. The second kappa shape index (κ2) is 4.49. The van der Waals surface area contributed by atoms with Crippen molar-refractivity contribution < 1.29 is 13.2 Å². The fourth-order valence-electron chi connectivity index (χ4n) is 1.37. The number of sulfone groups is 1. The summed E-state index contributed by atoms with van der Waals surface area (Å²) in [4.78, 5) is 11.2. The van der Waals surface area contributed by atoms with Gasteiger partial charge in [-0.05, 0) is 26.0 Å². The van der Waals surface area contributed by atoms with Crippen LogP contribution in [0.15, 0.2) is 23.1 Å². The molecule has 6 nitrogen and oxygen atoms in total. The molecule has 0 unspecified atom stereocenters. The van der Waals surface area contributed by atoms with Crippen LogP contribution >= 0.6 is 0 Å². The smallest absolute Gasteiger partial charge is 0.242 e. The van der Waals surface area contributed by atoms with Crippen molar-refractivity contribution in [2.75, 3.05) is 17.3 Å². The van der Waals surface area contributed by atoms with Crippen LogP contribution in [-0.2, 0) is 14.6 Å². The Morgan fingerprint density at radius 2 is 1.89 bits per heavy atom. The van der Waals surface area contributed by atoms with Crippen LogP contribution in [0.3, 0.4) is 0 Å². The summed E-state index contributed by atoms with van der Waals surface area (Å²) < 4.78 is 23.0. The van der Waals surface area contributed by atoms with Crippen molar-refractivity contribution in [1.29, 1.82) is 0 Å². The topological polar surface area (TPSA) is 115 Å². The van der Waals surface area contributed by atoms with Crippen molar-refractivity contribution in [1.82, 2.24) is 0 Å². The molecule has 0 aliphatic rings. The predicted molar refractivity (Wildman–Crippen MR) is 70.9 cm³/mol. The van der Waals surface area contributed by atoms with E-state index in [1.54, 1.807) is 26.0 Å². The molecular formula is C11H17N3O3S. The summed E-state index contributed by atoms with van der Waals surface area (Å²) in [5.74, 6) is -0.563. The number of para-hydroxylation sites is 1. The van der Waals surface area contributed by atoms with Gasteiger partial charge in [-0.15, -0.1) is 0 Å². The third-order valence-electron chi connectivity index (χ3n) is 2.53. The van der Waals surface area contributed by atoms with Crippen LogP contribution in [0.5, 0.6) is 0 Å². The van der Waals surface area contributed by atoms with E-state index in [-0.39, 0.29) is 10.6 Å². The van der Waals surface area contributed by atoms with Gasteiger partial charge in [0.1, 0.15) is 5.54 Å². The van der Waals surface area contributed by atoms with Gasteiger partial charge in [0.05, 0.1) is 16.3 Å². The molecule has 0 aliphatic heterocycles. The zero-order chi connectivity index (χ0) is 14.1. The van der Waals surface area contributed by atoms with Gasteiger partial charge in [0.25, 0.3) is 0 Å². The van der Waals surface area contributed by atoms with E-state index in [0.29, 0.717) is 5.69 Å². The maximum Gasteiger partial charge on any atom is 0.242 e. The van der Waals surface area contributed by atoms with Crippen LogP contribution in [-0.4, -0.2) is 26.1 Å². The van der Waals surface area contributed by atoms with Gasteiger partial charge in [-0.2, -0.15) is 0 Å². The molecule has 0 saturated heterocycles. The largest absolute Gasteiger partial charge is 0.396 e. The van der Waals surface area contributed by atoms with Gasteiger partial charge in [0.15, 0.2) is 9.84 Å². The highest BCUT2D eigenvalue weighted by atomic mass is 32.2. The predicted octanol–water partition coefficient (Wildman–Crippen LogP) is 0.348. The van der Waals surface area contributed by atoms with Crippen molar-refractivity contribution >= 4 is 27.1 Å². The van der Waals surface area contributed by atoms with Gasteiger partial charge in [0, 0.05) is 6.26 Å². The Kier molecular flexibility index (Phi) is 3.57. The van der Waals surface area contributed by atoms with Crippen LogP contribution in [0.2, 0.25) is 0 Å². The molecular weight excluding hydrogens is 254 g/mol. The van der Waals surface area contributed by atoms with Crippen molar-refractivity contribution in [2.24, 2.45) is 5.73 Å². The van der Waals surface area contributed by atoms with Crippen molar-refractivity contribution in [2.45, 2.75) is 24.3 Å². The monoisotopic (exact) mass is 271 g/mol. The number of nitrogens with one attached hydrogen (secondary N) is 1. The second-order valence-corrected chi connectivity index (χ2v) is 6.59. The first-order valence-corrected chi connectivity index (χ1v) is 7.11. The second-order valence-electron chi connectivity index (χ2n) is 4.60. The van der Waals surface area contributed by atoms with E-state index in [1.165, 1.54) is 6.07 Å². The third-order valence-corrected chi connectivity index (χ3v) is 3.68. The highest BCUT2D eigenvalue weighted by Crippen LogP contribution is 2.28. The molecule has 0 aliphatic carbocycles. The summed E-state index contributed by atoms with van der Waals surface area (Å²) in [5, 5.41) is 2.83. The van der Waals surface area contributed by atoms with Gasteiger partial charge < -0.3 is 16.8 Å². The van der Waals surface area contributed by atoms with Crippen LogP contribution < -0.4 is 16.8 Å². The molecule has 0 spiro atoms. The highest BCUT2D eigenvalue weighted by molar-refractivity contribution is 7.90. The molecule has 1 amide bonds. The lowest BCUT2D eigenvalue weighted by atomic mass is 10.0. The van der Waals surface area contributed by atoms with Crippen molar-refractivity contribution in [3.8, 4) is 0 Å². The number of benzene rings is 1. The molecule has 0 bridgehead atoms. The van der Waals surface area contributed by atoms with E-state index in [2.05, 4.69) is 5.32 Å². The summed E-state index contributed by atoms with van der Waals surface area (Å²) in [6.45, 7) is 3.17. The molecule has 1 rings (SSSR count). The van der Waals surface area contributed by atoms with E-state index in [1.807, 2.05) is 0 Å². The van der Waals surface area contributed by atoms with E-state index in [9.17, 15) is 13.2 Å². The number of nitrogens with two attached hydrogens (primary N) is 2. The Morgan fingerprint density at radius 1 is 1.33 bits per heavy atom. The first kappa shape index (κ1) is 14.3. The van der Waals surface area contributed by atoms with Crippen LogP contribution in [0.4, 0.5) is 11.4 Å². The molecule has 18 heavy (non-hydrogen) atoms. The number of nitrogen functional groups attached to an aromatic ring is 1. The molecule has 0 aromatic heterocycles. The van der Waals surface area contributed by atoms with E-state index in [4.69, 9.17) is 11.5 Å². The number of carbonyl (C=O) groups is 1. The minimum Gasteiger partial charge on any atom is -0.396 e. The van der Waals surface area contributed by atoms with E-state index < -0.39 is 21.3 Å². The molecule has 5 N–H and O–H groups in total. The first-order chi connectivity index (χ1) is 8.05. The Balaban J connectivity index is 3.26. The maximum absolute atomic E-state index is 11.5. The van der Waals surface area contributed by atoms with Crippen LogP contribution in [0.25, 0.3) is 0 Å². The van der Waals surface area contributed by atoms with Gasteiger partial charge in [-0.25, -0.2) is 8.42 Å². The Labute approximate surface area is 106 Å². The third kappa shape index (κ3) is 2.92. The van der Waals surface area contributed by atoms with Crippen LogP contribution in [0, 0.1) is 0 Å². The molecule has 1 aromatic carbocycles. The number of carbonyl (C=O) groups excluding carboxylic acids is 1. The Hall–Kier alpha value is -1.76. The molecule has 100 valence electrons. The summed E-state index contributed by atoms with van der Waals surface area (Å²) in [7, 11) is -3.41. The molecule has 0 fully saturated rings. The number of hydrogen-bond donors (Lipinski definition) is 3. The summed E-state index contributed by atoms with van der Waals surface area (Å²) in [6.07, 6.45) is 1.07. The van der Waals surface area contributed by atoms with E-state index in [0.717, 1.165) is 6.26 Å². The lowest BCUT2D eigenvalue weighted by Crippen LogP contribution is -2.45. The zero-order valence-corrected chi connectivity index (χ0v) is 11.3. The number of hydrogen-bond acceptors (Lipinski definition) is 5. The number of rotatable bonds is 4. The number of amides is 1. The van der Waals surface area contributed by atoms with Gasteiger partial charge >= 0.3 is 0 Å². The molecule has 1 aromatic rings. The van der Waals surface area contributed by atoms with Crippen molar-refractivity contribution in [3.63, 3.8) is 0 Å². The molecule has 0 atom stereocenters. The van der Waals surface area contributed by atoms with Crippen molar-refractivity contribution in [3.05, 3.63) is 18.2 Å². The van der Waals surface area contributed by atoms with Crippen LogP contribution in [0.1, 0.15) is 13.8 Å². The molecule has 7 heteroatoms. The average molecular weight is 271 g/mol. The fourth-order valence-corrected chi connectivity index (χ4v) is 2.21. The standard InChI is InChI=1S/C11H17N3O3S/c1-11(2,10(13)15)14-7-5-4-6-8(9(7)12)18(3,16)17/h4-6,14H,12H2,1-3H3,(H2,13,15). The minimum atomic E-state index is -3.41. The van der Waals surface area contributed by atoms with Gasteiger partial charge in [-0.1, -0.05) is 6.07 Å². The maximum atomic E-state index is 11.5. The lowest BCUT2D eigenvalue weighted by molar-refractivity contribution is -0.121. The number of primary amides is 1. The quantitative estimate of drug-likeness (QED) is 0.683. The molecule has 0 saturated carbocycles. The highest BCUT2D eigenvalue weighted by Gasteiger charge is 2.26. The number of anilines is 2. The van der Waals surface area contributed by atoms with Gasteiger partial charge in [0.2, 0.25) is 5.91 Å². The first-order valence-electron chi connectivity index (χ1n) is 5.22. The Bertz CT molecular complexity index is 579. The Morgan fingerprint density at radius 3 is 2.33 bits per heavy atom. The molecule has 0 radical (unpaired) electrons.